The molecule has 1 aliphatic rings. The van der Waals surface area contributed by atoms with Crippen LogP contribution in [0.5, 0.6) is 0 Å². The third kappa shape index (κ3) is 5.05. The highest BCUT2D eigenvalue weighted by molar-refractivity contribution is 5.94. The normalized spacial score (nSPS) is 13.7. The van der Waals surface area contributed by atoms with Gasteiger partial charge in [0.05, 0.1) is 11.4 Å². The highest BCUT2D eigenvalue weighted by Crippen LogP contribution is 2.29. The Morgan fingerprint density at radius 2 is 1.86 bits per heavy atom. The molecule has 1 N–H and O–H groups in total. The van der Waals surface area contributed by atoms with Crippen LogP contribution in [-0.4, -0.2) is 44.3 Å². The molecule has 156 valence electrons. The molecule has 2 aromatic rings. The summed E-state index contributed by atoms with van der Waals surface area (Å²) in [6.07, 6.45) is 3.79. The van der Waals surface area contributed by atoms with Gasteiger partial charge in [-0.2, -0.15) is 5.10 Å². The lowest BCUT2D eigenvalue weighted by molar-refractivity contribution is -0.136. The second-order valence-electron chi connectivity index (χ2n) is 8.41. The van der Waals surface area contributed by atoms with Crippen LogP contribution in [-0.2, 0) is 11.2 Å². The van der Waals surface area contributed by atoms with Crippen LogP contribution in [0.3, 0.4) is 0 Å². The van der Waals surface area contributed by atoms with E-state index in [1.165, 1.54) is 0 Å². The molecule has 1 fully saturated rings. The Morgan fingerprint density at radius 1 is 1.21 bits per heavy atom. The Bertz CT molecular complexity index is 880. The van der Waals surface area contributed by atoms with Crippen molar-refractivity contribution in [3.05, 3.63) is 46.8 Å². The maximum absolute atomic E-state index is 13.0. The Kier molecular flexibility index (Phi) is 6.40. The average molecular weight is 398 g/mol. The number of amides is 1. The Balaban J connectivity index is 1.77. The fourth-order valence-corrected chi connectivity index (χ4v) is 3.66. The number of aliphatic carboxylic acids is 1. The zero-order valence-corrected chi connectivity index (χ0v) is 17.8. The van der Waals surface area contributed by atoms with Crippen molar-refractivity contribution in [2.75, 3.05) is 6.54 Å². The molecule has 0 radical (unpaired) electrons. The second kappa shape index (κ2) is 8.80. The minimum Gasteiger partial charge on any atom is -0.481 e. The van der Waals surface area contributed by atoms with E-state index in [1.807, 2.05) is 47.7 Å². The van der Waals surface area contributed by atoms with Crippen LogP contribution in [0, 0.1) is 19.8 Å². The fourth-order valence-electron chi connectivity index (χ4n) is 3.66. The van der Waals surface area contributed by atoms with Crippen molar-refractivity contribution in [3.8, 4) is 5.69 Å². The van der Waals surface area contributed by atoms with Crippen LogP contribution in [0.2, 0.25) is 0 Å². The van der Waals surface area contributed by atoms with Crippen LogP contribution >= 0.6 is 0 Å². The second-order valence-corrected chi connectivity index (χ2v) is 8.41. The molecule has 1 aromatic carbocycles. The van der Waals surface area contributed by atoms with E-state index >= 15 is 0 Å². The van der Waals surface area contributed by atoms with Crippen molar-refractivity contribution in [2.24, 2.45) is 5.92 Å². The number of hydrogen-bond donors (Lipinski definition) is 1. The lowest BCUT2D eigenvalue weighted by Crippen LogP contribution is -2.34. The summed E-state index contributed by atoms with van der Waals surface area (Å²) < 4.78 is 1.83. The number of carbonyl (C=O) groups is 2. The van der Waals surface area contributed by atoms with Crippen LogP contribution in [0.25, 0.3) is 5.69 Å². The molecule has 0 saturated heterocycles. The molecule has 1 aliphatic carbocycles. The van der Waals surface area contributed by atoms with Gasteiger partial charge in [-0.15, -0.1) is 0 Å². The molecule has 29 heavy (non-hydrogen) atoms. The van der Waals surface area contributed by atoms with E-state index in [-0.39, 0.29) is 12.3 Å². The standard InChI is InChI=1S/C23H31N3O3/c1-15(2)13-14-25(19-9-10-19)23(29)18-5-7-20(8-6-18)26-17(4)21(16(3)24-26)11-12-22(27)28/h5-8,15,19H,9-14H2,1-4H3,(H,27,28). The zero-order valence-electron chi connectivity index (χ0n) is 17.8. The lowest BCUT2D eigenvalue weighted by Gasteiger charge is -2.23. The zero-order chi connectivity index (χ0) is 21.1. The van der Waals surface area contributed by atoms with E-state index in [0.717, 1.165) is 48.4 Å². The van der Waals surface area contributed by atoms with Gasteiger partial charge in [-0.05, 0) is 75.3 Å². The first kappa shape index (κ1) is 21.1. The third-order valence-corrected chi connectivity index (χ3v) is 5.58. The van der Waals surface area contributed by atoms with Crippen molar-refractivity contribution in [3.63, 3.8) is 0 Å². The number of aryl methyl sites for hydroxylation is 1. The predicted octanol–water partition coefficient (Wildman–Crippen LogP) is 4.16. The minimum atomic E-state index is -0.808. The molecule has 3 rings (SSSR count). The first-order valence-corrected chi connectivity index (χ1v) is 10.5. The molecule has 6 nitrogen and oxygen atoms in total. The molecule has 0 atom stereocenters. The quantitative estimate of drug-likeness (QED) is 0.689. The van der Waals surface area contributed by atoms with E-state index in [0.29, 0.717) is 23.9 Å². The maximum Gasteiger partial charge on any atom is 0.303 e. The van der Waals surface area contributed by atoms with Crippen molar-refractivity contribution < 1.29 is 14.7 Å². The number of carbonyl (C=O) groups excluding carboxylic acids is 1. The summed E-state index contributed by atoms with van der Waals surface area (Å²) >= 11 is 0. The average Bonchev–Trinajstić information content (AvgIpc) is 3.46. The summed E-state index contributed by atoms with van der Waals surface area (Å²) in [7, 11) is 0. The van der Waals surface area contributed by atoms with Gasteiger partial charge in [0.2, 0.25) is 0 Å². The monoisotopic (exact) mass is 397 g/mol. The van der Waals surface area contributed by atoms with Gasteiger partial charge in [0, 0.05) is 30.3 Å². The molecule has 0 aliphatic heterocycles. The molecule has 6 heteroatoms. The van der Waals surface area contributed by atoms with Crippen molar-refractivity contribution in [2.45, 2.75) is 65.8 Å². The van der Waals surface area contributed by atoms with Crippen LogP contribution in [0.1, 0.15) is 66.8 Å². The molecular formula is C23H31N3O3. The largest absolute Gasteiger partial charge is 0.481 e. The van der Waals surface area contributed by atoms with Crippen LogP contribution in [0.4, 0.5) is 0 Å². The van der Waals surface area contributed by atoms with E-state index < -0.39 is 5.97 Å². The number of nitrogens with zero attached hydrogens (tertiary/aromatic N) is 3. The van der Waals surface area contributed by atoms with Gasteiger partial charge in [0.15, 0.2) is 0 Å². The van der Waals surface area contributed by atoms with Gasteiger partial charge < -0.3 is 10.0 Å². The number of rotatable bonds is 9. The summed E-state index contributed by atoms with van der Waals surface area (Å²) in [5, 5.41) is 13.5. The first-order chi connectivity index (χ1) is 13.8. The number of hydrogen-bond acceptors (Lipinski definition) is 3. The van der Waals surface area contributed by atoms with Crippen LogP contribution in [0.15, 0.2) is 24.3 Å². The van der Waals surface area contributed by atoms with Crippen molar-refractivity contribution in [1.29, 1.82) is 0 Å². The lowest BCUT2D eigenvalue weighted by atomic mass is 10.1. The van der Waals surface area contributed by atoms with Gasteiger partial charge in [-0.25, -0.2) is 4.68 Å². The summed E-state index contributed by atoms with van der Waals surface area (Å²) in [5.41, 5.74) is 4.35. The van der Waals surface area contributed by atoms with E-state index in [2.05, 4.69) is 18.9 Å². The summed E-state index contributed by atoms with van der Waals surface area (Å²) in [6.45, 7) is 9.04. The molecule has 1 amide bonds. The first-order valence-electron chi connectivity index (χ1n) is 10.5. The number of carboxylic acid groups (broad SMARTS) is 1. The minimum absolute atomic E-state index is 0.0915. The Labute approximate surface area is 172 Å². The van der Waals surface area contributed by atoms with Crippen molar-refractivity contribution in [1.82, 2.24) is 14.7 Å². The molecule has 0 bridgehead atoms. The Hall–Kier alpha value is -2.63. The summed E-state index contributed by atoms with van der Waals surface area (Å²) in [5.74, 6) is -0.125. The molecule has 1 saturated carbocycles. The number of benzene rings is 1. The van der Waals surface area contributed by atoms with Gasteiger partial charge in [-0.3, -0.25) is 9.59 Å². The molecule has 1 heterocycles. The highest BCUT2D eigenvalue weighted by atomic mass is 16.4. The molecule has 0 unspecified atom stereocenters. The molecular weight excluding hydrogens is 366 g/mol. The fraction of sp³-hybridized carbons (Fsp3) is 0.522. The van der Waals surface area contributed by atoms with Crippen molar-refractivity contribution >= 4 is 11.9 Å². The predicted molar refractivity (Wildman–Crippen MR) is 113 cm³/mol. The molecule has 1 aromatic heterocycles. The maximum atomic E-state index is 13.0. The van der Waals surface area contributed by atoms with E-state index in [4.69, 9.17) is 5.11 Å². The van der Waals surface area contributed by atoms with Gasteiger partial charge in [-0.1, -0.05) is 13.8 Å². The van der Waals surface area contributed by atoms with E-state index in [1.54, 1.807) is 0 Å². The highest BCUT2D eigenvalue weighted by Gasteiger charge is 2.32. The number of carboxylic acids is 1. The van der Waals surface area contributed by atoms with Gasteiger partial charge in [0.25, 0.3) is 5.91 Å². The van der Waals surface area contributed by atoms with E-state index in [9.17, 15) is 9.59 Å². The summed E-state index contributed by atoms with van der Waals surface area (Å²) in [4.78, 5) is 25.9. The molecule has 0 spiro atoms. The van der Waals surface area contributed by atoms with Crippen LogP contribution < -0.4 is 0 Å². The van der Waals surface area contributed by atoms with Gasteiger partial charge in [0.1, 0.15) is 0 Å². The smallest absolute Gasteiger partial charge is 0.303 e. The topological polar surface area (TPSA) is 75.4 Å². The van der Waals surface area contributed by atoms with Gasteiger partial charge >= 0.3 is 5.97 Å². The summed E-state index contributed by atoms with van der Waals surface area (Å²) in [6, 6.07) is 7.97. The SMILES string of the molecule is Cc1nn(-c2ccc(C(=O)N(CCC(C)C)C3CC3)cc2)c(C)c1CCC(=O)O. The number of aromatic nitrogens is 2. The Morgan fingerprint density at radius 3 is 2.41 bits per heavy atom. The third-order valence-electron chi connectivity index (χ3n) is 5.58.